The van der Waals surface area contributed by atoms with Crippen LogP contribution in [0.25, 0.3) is 0 Å². The van der Waals surface area contributed by atoms with Gasteiger partial charge in [0.05, 0.1) is 34.9 Å². The van der Waals surface area contributed by atoms with Crippen molar-refractivity contribution in [1.29, 1.82) is 0 Å². The lowest BCUT2D eigenvalue weighted by atomic mass is 9.41. The van der Waals surface area contributed by atoms with Crippen molar-refractivity contribution >= 4 is 12.3 Å². The van der Waals surface area contributed by atoms with E-state index in [1.165, 1.54) is 0 Å². The lowest BCUT2D eigenvalue weighted by molar-refractivity contribution is -0.287. The Morgan fingerprint density at radius 1 is 1.08 bits per heavy atom. The molecule has 9 nitrogen and oxygen atoms in total. The number of cyclic esters (lactones) is 1. The van der Waals surface area contributed by atoms with E-state index in [1.54, 1.807) is 20.1 Å². The van der Waals surface area contributed by atoms with E-state index in [4.69, 9.17) is 18.9 Å². The number of aldehydes is 1. The van der Waals surface area contributed by atoms with Gasteiger partial charge in [-0.2, -0.15) is 0 Å². The maximum Gasteiger partial charge on any atom is 0.331 e. The number of esters is 1. The van der Waals surface area contributed by atoms with Crippen LogP contribution in [0.5, 0.6) is 0 Å². The van der Waals surface area contributed by atoms with E-state index in [2.05, 4.69) is 6.92 Å². The second-order valence-electron chi connectivity index (χ2n) is 13.5. The highest BCUT2D eigenvalue weighted by molar-refractivity contribution is 5.85. The van der Waals surface area contributed by atoms with Crippen molar-refractivity contribution in [3.05, 3.63) is 11.6 Å². The van der Waals surface area contributed by atoms with Gasteiger partial charge in [-0.1, -0.05) is 6.92 Å². The third kappa shape index (κ3) is 3.94. The monoisotopic (exact) mass is 548 g/mol. The van der Waals surface area contributed by atoms with E-state index in [1.807, 2.05) is 0 Å². The van der Waals surface area contributed by atoms with Crippen LogP contribution in [0.1, 0.15) is 78.1 Å². The number of hydrogen-bond donors (Lipinski definition) is 3. The number of hydrogen-bond acceptors (Lipinski definition) is 9. The van der Waals surface area contributed by atoms with Crippen LogP contribution in [-0.2, 0) is 28.5 Å². The van der Waals surface area contributed by atoms with Crippen molar-refractivity contribution in [2.24, 2.45) is 28.6 Å². The van der Waals surface area contributed by atoms with Crippen LogP contribution in [0.2, 0.25) is 0 Å². The van der Waals surface area contributed by atoms with Gasteiger partial charge in [-0.15, -0.1) is 0 Å². The molecular weight excluding hydrogens is 504 g/mol. The first-order valence-corrected chi connectivity index (χ1v) is 14.8. The van der Waals surface area contributed by atoms with Crippen molar-refractivity contribution in [1.82, 2.24) is 0 Å². The van der Waals surface area contributed by atoms with E-state index >= 15 is 0 Å². The summed E-state index contributed by atoms with van der Waals surface area (Å²) < 4.78 is 22.9. The van der Waals surface area contributed by atoms with E-state index in [9.17, 15) is 24.9 Å². The summed E-state index contributed by atoms with van der Waals surface area (Å²) in [5.74, 6) is -0.420. The van der Waals surface area contributed by atoms with Crippen molar-refractivity contribution in [2.45, 2.75) is 120 Å². The van der Waals surface area contributed by atoms with Crippen molar-refractivity contribution in [2.75, 3.05) is 13.7 Å². The Balaban J connectivity index is 1.21. The molecule has 218 valence electrons. The molecule has 2 aliphatic heterocycles. The molecule has 6 rings (SSSR count). The average molecular weight is 549 g/mol. The Morgan fingerprint density at radius 3 is 2.54 bits per heavy atom. The molecule has 0 bridgehead atoms. The fraction of sp³-hybridized carbons (Fsp3) is 0.867. The number of methoxy groups -OCH3 is 1. The summed E-state index contributed by atoms with van der Waals surface area (Å²) >= 11 is 0. The third-order valence-corrected chi connectivity index (χ3v) is 12.1. The fourth-order valence-electron chi connectivity index (χ4n) is 9.98. The van der Waals surface area contributed by atoms with Gasteiger partial charge in [0.1, 0.15) is 19.0 Å². The Kier molecular flexibility index (Phi) is 6.84. The summed E-state index contributed by atoms with van der Waals surface area (Å²) in [5.41, 5.74) is -2.52. The summed E-state index contributed by atoms with van der Waals surface area (Å²) in [6.45, 7) is 4.25. The zero-order valence-electron chi connectivity index (χ0n) is 23.3. The number of carbonyl (C=O) groups is 2. The Labute approximate surface area is 230 Å². The van der Waals surface area contributed by atoms with Crippen LogP contribution < -0.4 is 0 Å². The minimum absolute atomic E-state index is 0.0827. The van der Waals surface area contributed by atoms with Crippen LogP contribution >= 0.6 is 0 Å². The molecule has 4 aliphatic carbocycles. The predicted octanol–water partition coefficient (Wildman–Crippen LogP) is 2.43. The van der Waals surface area contributed by atoms with E-state index in [-0.39, 0.29) is 35.9 Å². The molecule has 0 aromatic carbocycles. The molecule has 1 saturated heterocycles. The van der Waals surface area contributed by atoms with Crippen LogP contribution in [0.15, 0.2) is 11.6 Å². The molecule has 0 amide bonds. The van der Waals surface area contributed by atoms with Crippen molar-refractivity contribution in [3.8, 4) is 0 Å². The van der Waals surface area contributed by atoms with Crippen molar-refractivity contribution in [3.63, 3.8) is 0 Å². The summed E-state index contributed by atoms with van der Waals surface area (Å²) in [6.07, 6.45) is 6.10. The average Bonchev–Trinajstić information content (AvgIpc) is 3.45. The van der Waals surface area contributed by atoms with E-state index in [0.29, 0.717) is 51.6 Å². The molecule has 3 N–H and O–H groups in total. The molecule has 2 heterocycles. The Bertz CT molecular complexity index is 1030. The van der Waals surface area contributed by atoms with Crippen LogP contribution in [0.3, 0.4) is 0 Å². The van der Waals surface area contributed by atoms with Gasteiger partial charge in [0, 0.05) is 31.4 Å². The Hall–Kier alpha value is -1.36. The zero-order chi connectivity index (χ0) is 27.8. The van der Waals surface area contributed by atoms with Gasteiger partial charge in [-0.05, 0) is 81.6 Å². The predicted molar refractivity (Wildman–Crippen MR) is 138 cm³/mol. The standard InChI is InChI=1S/C30H44O9/c1-17-26(33)23(36-3)13-25(38-17)39-19-4-9-28(16-31)21-5-8-27(2)20(18-12-24(32)37-15-18)7-11-30(27,35)22(21)6-10-29(28,34)14-19/h12,16-17,19-23,25-26,33-35H,4-11,13-15H2,1-3H3/t17-,19+,20-,21+,22-,23+,25?,26-,27-,28+,29+,30+/m1/s1. The molecule has 39 heavy (non-hydrogen) atoms. The van der Waals surface area contributed by atoms with Crippen molar-refractivity contribution < 1.29 is 43.9 Å². The molecule has 0 radical (unpaired) electrons. The number of carbonyl (C=O) groups excluding carboxylic acids is 2. The first-order chi connectivity index (χ1) is 18.5. The molecule has 12 atom stereocenters. The maximum absolute atomic E-state index is 13.0. The van der Waals surface area contributed by atoms with Gasteiger partial charge in [0.15, 0.2) is 6.29 Å². The second kappa shape index (κ2) is 9.60. The van der Waals surface area contributed by atoms with Gasteiger partial charge in [-0.25, -0.2) is 4.79 Å². The SMILES string of the molecule is CO[C@H]1CC(O[C@H]2CC[C@]3(C=O)[C@H]4CC[C@]5(C)[C@@H](C6=CC(=O)OC6)CC[C@]5(O)[C@@H]4CC[C@]3(O)C2)O[C@H](C)[C@H]1O. The molecule has 9 heteroatoms. The van der Waals surface area contributed by atoms with E-state index < -0.39 is 40.5 Å². The lowest BCUT2D eigenvalue weighted by Gasteiger charge is -2.65. The summed E-state index contributed by atoms with van der Waals surface area (Å²) in [5, 5.41) is 34.8. The molecule has 0 aromatic rings. The normalized spacial score (nSPS) is 53.3. The molecule has 6 aliphatic rings. The zero-order valence-corrected chi connectivity index (χ0v) is 23.3. The quantitative estimate of drug-likeness (QED) is 0.269. The van der Waals surface area contributed by atoms with E-state index in [0.717, 1.165) is 31.1 Å². The summed E-state index contributed by atoms with van der Waals surface area (Å²) in [4.78, 5) is 24.8. The molecule has 5 fully saturated rings. The Morgan fingerprint density at radius 2 is 1.85 bits per heavy atom. The smallest absolute Gasteiger partial charge is 0.331 e. The second-order valence-corrected chi connectivity index (χ2v) is 13.5. The number of rotatable bonds is 5. The topological polar surface area (TPSA) is 132 Å². The van der Waals surface area contributed by atoms with Gasteiger partial charge in [0.2, 0.25) is 0 Å². The minimum Gasteiger partial charge on any atom is -0.458 e. The highest BCUT2D eigenvalue weighted by atomic mass is 16.7. The van der Waals surface area contributed by atoms with Crippen LogP contribution in [-0.4, -0.2) is 83.2 Å². The molecule has 0 aromatic heterocycles. The minimum atomic E-state index is -1.21. The lowest BCUT2D eigenvalue weighted by Crippen LogP contribution is -2.69. The van der Waals surface area contributed by atoms with Crippen LogP contribution in [0.4, 0.5) is 0 Å². The highest BCUT2D eigenvalue weighted by Crippen LogP contribution is 2.70. The summed E-state index contributed by atoms with van der Waals surface area (Å²) in [7, 11) is 1.57. The number of aliphatic hydroxyl groups is 3. The molecule has 1 unspecified atom stereocenters. The first kappa shape index (κ1) is 27.8. The number of ether oxygens (including phenoxy) is 4. The molecular formula is C30H44O9. The van der Waals surface area contributed by atoms with Gasteiger partial charge >= 0.3 is 5.97 Å². The number of fused-ring (bicyclic) bond motifs is 5. The maximum atomic E-state index is 13.0. The number of aliphatic hydroxyl groups excluding tert-OH is 1. The third-order valence-electron chi connectivity index (χ3n) is 12.1. The first-order valence-electron chi connectivity index (χ1n) is 14.8. The van der Waals surface area contributed by atoms with Gasteiger partial charge < -0.3 is 39.1 Å². The molecule has 4 saturated carbocycles. The van der Waals surface area contributed by atoms with Gasteiger partial charge in [-0.3, -0.25) is 0 Å². The highest BCUT2D eigenvalue weighted by Gasteiger charge is 2.71. The van der Waals surface area contributed by atoms with Crippen LogP contribution in [0, 0.1) is 28.6 Å². The summed E-state index contributed by atoms with van der Waals surface area (Å²) in [6, 6.07) is 0. The van der Waals surface area contributed by atoms with Gasteiger partial charge in [0.25, 0.3) is 0 Å². The largest absolute Gasteiger partial charge is 0.458 e. The fourth-order valence-corrected chi connectivity index (χ4v) is 9.98. The molecule has 0 spiro atoms.